The predicted molar refractivity (Wildman–Crippen MR) is 89.3 cm³/mol. The number of hydrogen-bond donors (Lipinski definition) is 1. The van der Waals surface area contributed by atoms with Crippen molar-refractivity contribution in [2.75, 3.05) is 6.54 Å². The van der Waals surface area contributed by atoms with E-state index in [1.54, 1.807) is 18.2 Å². The van der Waals surface area contributed by atoms with Crippen LogP contribution in [0.15, 0.2) is 57.8 Å². The first kappa shape index (κ1) is 14.8. The second-order valence-corrected chi connectivity index (χ2v) is 8.00. The summed E-state index contributed by atoms with van der Waals surface area (Å²) in [6, 6.07) is 13.9. The van der Waals surface area contributed by atoms with Gasteiger partial charge in [0.2, 0.25) is 9.84 Å². The van der Waals surface area contributed by atoms with Crippen molar-refractivity contribution in [3.63, 3.8) is 0 Å². The van der Waals surface area contributed by atoms with Gasteiger partial charge in [-0.1, -0.05) is 35.9 Å². The van der Waals surface area contributed by atoms with E-state index >= 15 is 0 Å². The molecule has 1 aromatic heterocycles. The molecule has 2 aromatic carbocycles. The maximum Gasteiger partial charge on any atom is 0.201 e. The van der Waals surface area contributed by atoms with Crippen LogP contribution in [0, 0.1) is 0 Å². The SMILES string of the molecule is O=S(=O)(c1cccc(Cl)c1)C1NCCc2c1oc1ccccc21. The Morgan fingerprint density at radius 2 is 1.96 bits per heavy atom. The summed E-state index contributed by atoms with van der Waals surface area (Å²) in [6.07, 6.45) is 0.744. The topological polar surface area (TPSA) is 59.3 Å². The van der Waals surface area contributed by atoms with Crippen LogP contribution in [-0.4, -0.2) is 15.0 Å². The van der Waals surface area contributed by atoms with Gasteiger partial charge in [-0.25, -0.2) is 8.42 Å². The van der Waals surface area contributed by atoms with Crippen molar-refractivity contribution >= 4 is 32.4 Å². The number of furan rings is 1. The van der Waals surface area contributed by atoms with E-state index in [0.29, 0.717) is 22.9 Å². The van der Waals surface area contributed by atoms with E-state index in [1.165, 1.54) is 6.07 Å². The lowest BCUT2D eigenvalue weighted by Crippen LogP contribution is -2.34. The molecular weight excluding hydrogens is 334 g/mol. The number of sulfone groups is 1. The summed E-state index contributed by atoms with van der Waals surface area (Å²) in [6.45, 7) is 0.584. The smallest absolute Gasteiger partial charge is 0.201 e. The molecule has 0 bridgehead atoms. The van der Waals surface area contributed by atoms with Crippen LogP contribution >= 0.6 is 11.6 Å². The molecular formula is C17H14ClNO3S. The molecule has 6 heteroatoms. The van der Waals surface area contributed by atoms with Gasteiger partial charge in [0.15, 0.2) is 5.37 Å². The Morgan fingerprint density at radius 1 is 1.13 bits per heavy atom. The predicted octanol–water partition coefficient (Wildman–Crippen LogP) is 3.70. The molecule has 0 fully saturated rings. The van der Waals surface area contributed by atoms with Crippen LogP contribution in [0.25, 0.3) is 11.0 Å². The number of benzene rings is 2. The van der Waals surface area contributed by atoms with Crippen LogP contribution in [0.4, 0.5) is 0 Å². The monoisotopic (exact) mass is 347 g/mol. The van der Waals surface area contributed by atoms with Gasteiger partial charge < -0.3 is 4.42 Å². The van der Waals surface area contributed by atoms with Gasteiger partial charge in [0, 0.05) is 22.5 Å². The molecule has 1 atom stereocenters. The van der Waals surface area contributed by atoms with Gasteiger partial charge in [-0.2, -0.15) is 0 Å². The second kappa shape index (κ2) is 5.37. The van der Waals surface area contributed by atoms with E-state index in [1.807, 2.05) is 24.3 Å². The van der Waals surface area contributed by atoms with Crippen LogP contribution in [0.1, 0.15) is 16.7 Å². The van der Waals surface area contributed by atoms with Gasteiger partial charge in [0.05, 0.1) is 4.90 Å². The molecule has 0 aliphatic carbocycles. The summed E-state index contributed by atoms with van der Waals surface area (Å²) in [5.74, 6) is 0.484. The molecule has 0 saturated carbocycles. The number of para-hydroxylation sites is 1. The summed E-state index contributed by atoms with van der Waals surface area (Å²) in [5, 5.41) is 3.55. The maximum absolute atomic E-state index is 13.0. The average Bonchev–Trinajstić information content (AvgIpc) is 2.93. The maximum atomic E-state index is 13.0. The lowest BCUT2D eigenvalue weighted by atomic mass is 10.0. The first-order chi connectivity index (χ1) is 11.1. The zero-order chi connectivity index (χ0) is 16.0. The number of rotatable bonds is 2. The lowest BCUT2D eigenvalue weighted by molar-refractivity contribution is 0.458. The van der Waals surface area contributed by atoms with E-state index in [0.717, 1.165) is 17.4 Å². The average molecular weight is 348 g/mol. The number of hydrogen-bond acceptors (Lipinski definition) is 4. The zero-order valence-electron chi connectivity index (χ0n) is 12.1. The Morgan fingerprint density at radius 3 is 2.78 bits per heavy atom. The third-order valence-corrected chi connectivity index (χ3v) is 6.25. The van der Waals surface area contributed by atoms with Gasteiger partial charge in [-0.3, -0.25) is 5.32 Å². The number of fused-ring (bicyclic) bond motifs is 3. The summed E-state index contributed by atoms with van der Waals surface area (Å²) in [7, 11) is -3.63. The van der Waals surface area contributed by atoms with Crippen LogP contribution in [0.3, 0.4) is 0 Å². The molecule has 0 spiro atoms. The van der Waals surface area contributed by atoms with Crippen LogP contribution < -0.4 is 5.32 Å². The fourth-order valence-electron chi connectivity index (χ4n) is 3.04. The second-order valence-electron chi connectivity index (χ2n) is 5.53. The molecule has 1 N–H and O–H groups in total. The van der Waals surface area contributed by atoms with Crippen molar-refractivity contribution in [3.05, 3.63) is 64.9 Å². The van der Waals surface area contributed by atoms with Crippen LogP contribution in [0.5, 0.6) is 0 Å². The Labute approximate surface area is 139 Å². The molecule has 2 heterocycles. The van der Waals surface area contributed by atoms with Crippen molar-refractivity contribution in [3.8, 4) is 0 Å². The molecule has 0 saturated heterocycles. The molecule has 0 amide bonds. The molecule has 118 valence electrons. The summed E-state index contributed by atoms with van der Waals surface area (Å²) in [4.78, 5) is 0.191. The fraction of sp³-hybridized carbons (Fsp3) is 0.176. The van der Waals surface area contributed by atoms with Crippen molar-refractivity contribution in [1.29, 1.82) is 0 Å². The quantitative estimate of drug-likeness (QED) is 0.767. The van der Waals surface area contributed by atoms with Crippen molar-refractivity contribution in [2.24, 2.45) is 0 Å². The summed E-state index contributed by atoms with van der Waals surface area (Å²) >= 11 is 5.95. The third-order valence-electron chi connectivity index (χ3n) is 4.11. The molecule has 23 heavy (non-hydrogen) atoms. The third kappa shape index (κ3) is 2.36. The van der Waals surface area contributed by atoms with Gasteiger partial charge in [-0.05, 0) is 30.7 Å². The molecule has 1 aliphatic rings. The molecule has 1 unspecified atom stereocenters. The fourth-order valence-corrected chi connectivity index (χ4v) is 4.94. The van der Waals surface area contributed by atoms with E-state index < -0.39 is 15.2 Å². The lowest BCUT2D eigenvalue weighted by Gasteiger charge is -2.23. The molecule has 4 rings (SSSR count). The van der Waals surface area contributed by atoms with Crippen LogP contribution in [-0.2, 0) is 16.3 Å². The Hall–Kier alpha value is -1.82. The highest BCUT2D eigenvalue weighted by Crippen LogP contribution is 2.37. The van der Waals surface area contributed by atoms with Crippen molar-refractivity contribution in [1.82, 2.24) is 5.32 Å². The van der Waals surface area contributed by atoms with Crippen LogP contribution in [0.2, 0.25) is 5.02 Å². The Balaban J connectivity index is 1.89. The standard InChI is InChI=1S/C17H14ClNO3S/c18-11-4-3-5-12(10-11)23(20,21)17-16-14(8-9-19-17)13-6-1-2-7-15(13)22-16/h1-7,10,17,19H,8-9H2. The first-order valence-corrected chi connectivity index (χ1v) is 9.23. The van der Waals surface area contributed by atoms with Crippen molar-refractivity contribution < 1.29 is 12.8 Å². The van der Waals surface area contributed by atoms with Gasteiger partial charge >= 0.3 is 0 Å². The summed E-state index contributed by atoms with van der Waals surface area (Å²) < 4.78 is 31.9. The van der Waals surface area contributed by atoms with E-state index in [4.69, 9.17) is 16.0 Å². The highest BCUT2D eigenvalue weighted by atomic mass is 35.5. The minimum atomic E-state index is -3.63. The van der Waals surface area contributed by atoms with Gasteiger partial charge in [0.1, 0.15) is 11.3 Å². The molecule has 0 radical (unpaired) electrons. The minimum absolute atomic E-state index is 0.191. The number of halogens is 1. The normalized spacial score (nSPS) is 18.0. The van der Waals surface area contributed by atoms with E-state index in [-0.39, 0.29) is 4.90 Å². The largest absolute Gasteiger partial charge is 0.458 e. The minimum Gasteiger partial charge on any atom is -0.458 e. The molecule has 4 nitrogen and oxygen atoms in total. The zero-order valence-corrected chi connectivity index (χ0v) is 13.7. The van der Waals surface area contributed by atoms with E-state index in [9.17, 15) is 8.42 Å². The highest BCUT2D eigenvalue weighted by Gasteiger charge is 2.36. The van der Waals surface area contributed by atoms with Gasteiger partial charge in [-0.15, -0.1) is 0 Å². The Kier molecular flexibility index (Phi) is 3.44. The van der Waals surface area contributed by atoms with Gasteiger partial charge in [0.25, 0.3) is 0 Å². The molecule has 3 aromatic rings. The van der Waals surface area contributed by atoms with Crippen molar-refractivity contribution in [2.45, 2.75) is 16.7 Å². The van der Waals surface area contributed by atoms with E-state index in [2.05, 4.69) is 5.32 Å². The number of nitrogens with one attached hydrogen (secondary N) is 1. The summed E-state index contributed by atoms with van der Waals surface area (Å²) in [5.41, 5.74) is 1.68. The first-order valence-electron chi connectivity index (χ1n) is 7.30. The Bertz CT molecular complexity index is 994. The highest BCUT2D eigenvalue weighted by molar-refractivity contribution is 7.91. The molecule has 1 aliphatic heterocycles.